The summed E-state index contributed by atoms with van der Waals surface area (Å²) in [5.41, 5.74) is 0.582. The third-order valence-corrected chi connectivity index (χ3v) is 4.47. The molecule has 0 spiro atoms. The molecule has 1 N–H and O–H groups in total. The van der Waals surface area contributed by atoms with Crippen molar-refractivity contribution in [2.24, 2.45) is 7.05 Å². The molecule has 21 heavy (non-hydrogen) atoms. The molecule has 0 bridgehead atoms. The Morgan fingerprint density at radius 2 is 2.38 bits per heavy atom. The van der Waals surface area contributed by atoms with Gasteiger partial charge < -0.3 is 10.2 Å². The molecule has 1 unspecified atom stereocenters. The van der Waals surface area contributed by atoms with Gasteiger partial charge in [0, 0.05) is 43.9 Å². The minimum atomic E-state index is -0.0738. The van der Waals surface area contributed by atoms with Gasteiger partial charge in [-0.05, 0) is 25.8 Å². The lowest BCUT2D eigenvalue weighted by atomic mass is 10.1. The van der Waals surface area contributed by atoms with Crippen LogP contribution in [0.25, 0.3) is 0 Å². The lowest BCUT2D eigenvalue weighted by Crippen LogP contribution is -2.48. The van der Waals surface area contributed by atoms with Crippen LogP contribution in [0.1, 0.15) is 29.2 Å². The van der Waals surface area contributed by atoms with Gasteiger partial charge in [0.15, 0.2) is 0 Å². The van der Waals surface area contributed by atoms with Gasteiger partial charge in [-0.2, -0.15) is 9.47 Å². The normalized spacial score (nSPS) is 18.8. The molecule has 0 aliphatic carbocycles. The van der Waals surface area contributed by atoms with E-state index < -0.39 is 0 Å². The molecule has 2 aromatic heterocycles. The quantitative estimate of drug-likeness (QED) is 0.915. The summed E-state index contributed by atoms with van der Waals surface area (Å²) in [6, 6.07) is 1.86. The minimum absolute atomic E-state index is 0.0738. The van der Waals surface area contributed by atoms with Crippen molar-refractivity contribution >= 4 is 22.6 Å². The number of nitrogens with zero attached hydrogens (tertiary/aromatic N) is 5. The average molecular weight is 306 g/mol. The monoisotopic (exact) mass is 306 g/mol. The molecule has 1 atom stereocenters. The number of amides is 1. The van der Waals surface area contributed by atoms with Crippen molar-refractivity contribution in [3.05, 3.63) is 23.8 Å². The molecule has 112 valence electrons. The third-order valence-electron chi connectivity index (χ3n) is 3.60. The van der Waals surface area contributed by atoms with Crippen LogP contribution in [0.5, 0.6) is 0 Å². The summed E-state index contributed by atoms with van der Waals surface area (Å²) < 4.78 is 5.81. The standard InChI is InChI=1S/C13H18N6OS/c1-9-15-13(21-17-9)19-7-3-4-10(8-19)16-12(20)11-5-6-14-18(11)2/h5-6,10H,3-4,7-8H2,1-2H3,(H,16,20). The molecule has 0 saturated carbocycles. The number of anilines is 1. The Balaban J connectivity index is 1.64. The van der Waals surface area contributed by atoms with Crippen LogP contribution in [-0.2, 0) is 7.05 Å². The van der Waals surface area contributed by atoms with E-state index in [4.69, 9.17) is 0 Å². The maximum absolute atomic E-state index is 12.2. The predicted octanol–water partition coefficient (Wildman–Crippen LogP) is 0.979. The molecule has 8 heteroatoms. The summed E-state index contributed by atoms with van der Waals surface area (Å²) in [6.07, 6.45) is 3.65. The molecule has 2 aromatic rings. The Bertz CT molecular complexity index is 636. The number of carbonyl (C=O) groups excluding carboxylic acids is 1. The summed E-state index contributed by atoms with van der Waals surface area (Å²) in [5, 5.41) is 8.05. The molecule has 7 nitrogen and oxygen atoms in total. The lowest BCUT2D eigenvalue weighted by molar-refractivity contribution is 0.0923. The van der Waals surface area contributed by atoms with E-state index in [1.54, 1.807) is 24.0 Å². The van der Waals surface area contributed by atoms with Gasteiger partial charge >= 0.3 is 0 Å². The number of aryl methyl sites for hydroxylation is 2. The van der Waals surface area contributed by atoms with E-state index in [1.165, 1.54) is 11.5 Å². The first kappa shape index (κ1) is 14.0. The second-order valence-electron chi connectivity index (χ2n) is 5.22. The summed E-state index contributed by atoms with van der Waals surface area (Å²) in [7, 11) is 1.77. The van der Waals surface area contributed by atoms with Gasteiger partial charge in [-0.3, -0.25) is 9.48 Å². The smallest absolute Gasteiger partial charge is 0.269 e. The predicted molar refractivity (Wildman–Crippen MR) is 80.6 cm³/mol. The highest BCUT2D eigenvalue weighted by Gasteiger charge is 2.24. The van der Waals surface area contributed by atoms with E-state index >= 15 is 0 Å². The zero-order valence-corrected chi connectivity index (χ0v) is 12.9. The highest BCUT2D eigenvalue weighted by molar-refractivity contribution is 7.09. The Labute approximate surface area is 127 Å². The molecule has 1 amide bonds. The zero-order chi connectivity index (χ0) is 14.8. The van der Waals surface area contributed by atoms with Gasteiger partial charge in [0.25, 0.3) is 5.91 Å². The van der Waals surface area contributed by atoms with Crippen molar-refractivity contribution in [2.75, 3.05) is 18.0 Å². The molecule has 0 radical (unpaired) electrons. The Morgan fingerprint density at radius 3 is 3.05 bits per heavy atom. The van der Waals surface area contributed by atoms with E-state index in [0.29, 0.717) is 5.69 Å². The summed E-state index contributed by atoms with van der Waals surface area (Å²) in [5.74, 6) is 0.728. The highest BCUT2D eigenvalue weighted by Crippen LogP contribution is 2.21. The number of hydrogen-bond donors (Lipinski definition) is 1. The molecule has 1 aliphatic rings. The van der Waals surface area contributed by atoms with Crippen molar-refractivity contribution in [1.82, 2.24) is 24.5 Å². The lowest BCUT2D eigenvalue weighted by Gasteiger charge is -2.32. The van der Waals surface area contributed by atoms with Gasteiger partial charge in [0.05, 0.1) is 0 Å². The fraction of sp³-hybridized carbons (Fsp3) is 0.538. The molecular formula is C13H18N6OS. The van der Waals surface area contributed by atoms with E-state index in [-0.39, 0.29) is 11.9 Å². The van der Waals surface area contributed by atoms with Crippen LogP contribution in [0.4, 0.5) is 5.13 Å². The Morgan fingerprint density at radius 1 is 1.52 bits per heavy atom. The van der Waals surface area contributed by atoms with Crippen LogP contribution >= 0.6 is 11.5 Å². The highest BCUT2D eigenvalue weighted by atomic mass is 32.1. The number of rotatable bonds is 3. The largest absolute Gasteiger partial charge is 0.346 e. The second-order valence-corrected chi connectivity index (χ2v) is 5.95. The first-order valence-corrected chi connectivity index (χ1v) is 7.75. The van der Waals surface area contributed by atoms with Crippen molar-refractivity contribution in [2.45, 2.75) is 25.8 Å². The van der Waals surface area contributed by atoms with Crippen LogP contribution < -0.4 is 10.2 Å². The number of piperidine rings is 1. The van der Waals surface area contributed by atoms with Crippen LogP contribution in [0.15, 0.2) is 12.3 Å². The average Bonchev–Trinajstić information content (AvgIpc) is 3.08. The van der Waals surface area contributed by atoms with Gasteiger partial charge in [-0.1, -0.05) is 0 Å². The first-order chi connectivity index (χ1) is 10.1. The summed E-state index contributed by atoms with van der Waals surface area (Å²) in [4.78, 5) is 18.8. The van der Waals surface area contributed by atoms with Gasteiger partial charge in [0.2, 0.25) is 5.13 Å². The number of hydrogen-bond acceptors (Lipinski definition) is 6. The SMILES string of the molecule is Cc1nsc(N2CCCC(NC(=O)c3ccnn3C)C2)n1. The minimum Gasteiger partial charge on any atom is -0.346 e. The Hall–Kier alpha value is -1.96. The maximum Gasteiger partial charge on any atom is 0.269 e. The molecule has 3 heterocycles. The maximum atomic E-state index is 12.2. The molecule has 3 rings (SSSR count). The van der Waals surface area contributed by atoms with Gasteiger partial charge in [0.1, 0.15) is 11.5 Å². The molecular weight excluding hydrogens is 288 g/mol. The van der Waals surface area contributed by atoms with Crippen LogP contribution in [0.2, 0.25) is 0 Å². The van der Waals surface area contributed by atoms with Crippen LogP contribution in [0.3, 0.4) is 0 Å². The summed E-state index contributed by atoms with van der Waals surface area (Å²) >= 11 is 1.42. The van der Waals surface area contributed by atoms with E-state index in [2.05, 4.69) is 24.7 Å². The second kappa shape index (κ2) is 5.80. The van der Waals surface area contributed by atoms with Crippen molar-refractivity contribution in [3.63, 3.8) is 0 Å². The van der Waals surface area contributed by atoms with Crippen LogP contribution in [0, 0.1) is 6.92 Å². The van der Waals surface area contributed by atoms with Gasteiger partial charge in [-0.15, -0.1) is 0 Å². The molecule has 1 fully saturated rings. The number of aromatic nitrogens is 4. The van der Waals surface area contributed by atoms with E-state index in [9.17, 15) is 4.79 Å². The van der Waals surface area contributed by atoms with Gasteiger partial charge in [-0.25, -0.2) is 4.98 Å². The molecule has 1 saturated heterocycles. The number of carbonyl (C=O) groups is 1. The molecule has 1 aliphatic heterocycles. The molecule has 0 aromatic carbocycles. The van der Waals surface area contributed by atoms with Crippen molar-refractivity contribution < 1.29 is 4.79 Å². The summed E-state index contributed by atoms with van der Waals surface area (Å²) in [6.45, 7) is 3.64. The Kier molecular flexibility index (Phi) is 3.87. The van der Waals surface area contributed by atoms with Crippen LogP contribution in [-0.4, -0.2) is 44.2 Å². The fourth-order valence-corrected chi connectivity index (χ4v) is 3.25. The first-order valence-electron chi connectivity index (χ1n) is 6.97. The van der Waals surface area contributed by atoms with Crippen molar-refractivity contribution in [1.29, 1.82) is 0 Å². The van der Waals surface area contributed by atoms with E-state index in [1.807, 2.05) is 6.92 Å². The zero-order valence-electron chi connectivity index (χ0n) is 12.1. The third kappa shape index (κ3) is 3.05. The van der Waals surface area contributed by atoms with Crippen molar-refractivity contribution in [3.8, 4) is 0 Å². The topological polar surface area (TPSA) is 75.9 Å². The fourth-order valence-electron chi connectivity index (χ4n) is 2.54. The number of nitrogens with one attached hydrogen (secondary N) is 1. The van der Waals surface area contributed by atoms with E-state index in [0.717, 1.165) is 36.9 Å².